The van der Waals surface area contributed by atoms with Crippen LogP contribution in [-0.4, -0.2) is 0 Å². The quantitative estimate of drug-likeness (QED) is 0.479. The molecule has 0 nitrogen and oxygen atoms in total. The summed E-state index contributed by atoms with van der Waals surface area (Å²) in [5.74, 6) is 0.679. The van der Waals surface area contributed by atoms with Gasteiger partial charge in [0.2, 0.25) is 0 Å². The average molecular weight is 536 g/mol. The van der Waals surface area contributed by atoms with Gasteiger partial charge in [0.1, 0.15) is 0 Å². The molecule has 0 aliphatic heterocycles. The maximum Gasteiger partial charge on any atom is -1.00 e. The van der Waals surface area contributed by atoms with E-state index in [1.165, 1.54) is 11.1 Å². The van der Waals surface area contributed by atoms with E-state index in [0.29, 0.717) is 9.59 Å². The second-order valence-corrected chi connectivity index (χ2v) is 11.9. The smallest absolute Gasteiger partial charge is 1.00 e. The Kier molecular flexibility index (Phi) is 6.57. The van der Waals surface area contributed by atoms with Gasteiger partial charge in [-0.15, -0.1) is 0 Å². The number of rotatable bonds is 2. The zero-order valence-corrected chi connectivity index (χ0v) is 20.1. The van der Waals surface area contributed by atoms with Crippen molar-refractivity contribution in [2.45, 2.75) is 31.4 Å². The van der Waals surface area contributed by atoms with Gasteiger partial charge in [0.05, 0.1) is 0 Å². The zero-order chi connectivity index (χ0) is 16.1. The van der Waals surface area contributed by atoms with Gasteiger partial charge in [0.15, 0.2) is 0 Å². The van der Waals surface area contributed by atoms with Crippen LogP contribution >= 0.6 is 0 Å². The van der Waals surface area contributed by atoms with Crippen LogP contribution in [0.2, 0.25) is 0 Å². The van der Waals surface area contributed by atoms with Crippen molar-refractivity contribution in [1.82, 2.24) is 0 Å². The molecule has 0 heterocycles. The molecule has 0 fully saturated rings. The second-order valence-electron chi connectivity index (χ2n) is 6.82. The van der Waals surface area contributed by atoms with Crippen molar-refractivity contribution in [3.63, 3.8) is 0 Å². The van der Waals surface area contributed by atoms with Crippen molar-refractivity contribution < 1.29 is 47.7 Å². The van der Waals surface area contributed by atoms with Gasteiger partial charge in [-0.3, -0.25) is 0 Å². The van der Waals surface area contributed by atoms with Crippen LogP contribution in [0.3, 0.4) is 0 Å². The molecule has 0 N–H and O–H groups in total. The Balaban J connectivity index is 0.00000113. The molecule has 0 amide bonds. The summed E-state index contributed by atoms with van der Waals surface area (Å²) in [6.07, 6.45) is 0. The van der Waals surface area contributed by atoms with Gasteiger partial charge in [0, 0.05) is 0 Å². The number of hydrogen-bond donors (Lipinski definition) is 0. The van der Waals surface area contributed by atoms with E-state index in [1.807, 2.05) is 3.33 Å². The maximum atomic E-state index is 2.42. The molecule has 0 saturated heterocycles. The third kappa shape index (κ3) is 3.24. The summed E-state index contributed by atoms with van der Waals surface area (Å²) in [4.78, 5) is 0. The number of allylic oxidation sites excluding steroid dienone is 4. The largest absolute Gasteiger partial charge is 1.00 e. The fourth-order valence-corrected chi connectivity index (χ4v) is 11.2. The molecule has 1 unspecified atom stereocenters. The van der Waals surface area contributed by atoms with Crippen molar-refractivity contribution in [3.05, 3.63) is 79.7 Å². The van der Waals surface area contributed by atoms with E-state index in [0.717, 1.165) is 0 Å². The van der Waals surface area contributed by atoms with Crippen molar-refractivity contribution in [2.75, 3.05) is 0 Å². The van der Waals surface area contributed by atoms with Crippen LogP contribution in [0.4, 0.5) is 0 Å². The molecule has 0 radical (unpaired) electrons. The van der Waals surface area contributed by atoms with Gasteiger partial charge in [-0.1, -0.05) is 0 Å². The zero-order valence-electron chi connectivity index (χ0n) is 15.0. The number of fused-ring (bicyclic) bond motifs is 3. The Labute approximate surface area is 175 Å². The molecule has 0 bridgehead atoms. The van der Waals surface area contributed by atoms with Gasteiger partial charge in [-0.25, -0.2) is 0 Å². The Morgan fingerprint density at radius 1 is 0.720 bits per heavy atom. The van der Waals surface area contributed by atoms with Crippen LogP contribution in [0.15, 0.2) is 68.6 Å². The van der Waals surface area contributed by atoms with Gasteiger partial charge < -0.3 is 24.8 Å². The number of benzene rings is 2. The predicted octanol–water partition coefficient (Wildman–Crippen LogP) is 0.107. The van der Waals surface area contributed by atoms with E-state index in [9.17, 15) is 0 Å². The second kappa shape index (κ2) is 7.94. The van der Waals surface area contributed by atoms with Crippen molar-refractivity contribution >= 4 is 0 Å². The van der Waals surface area contributed by atoms with Crippen LogP contribution in [0.25, 0.3) is 11.1 Å². The Morgan fingerprint density at radius 2 is 1.20 bits per heavy atom. The first-order chi connectivity index (χ1) is 11.1. The minimum absolute atomic E-state index is 0. The van der Waals surface area contributed by atoms with Crippen molar-refractivity contribution in [1.29, 1.82) is 0 Å². The fourth-order valence-electron chi connectivity index (χ4n) is 4.06. The van der Waals surface area contributed by atoms with E-state index in [4.69, 9.17) is 0 Å². The molecule has 1 atom stereocenters. The third-order valence-electron chi connectivity index (χ3n) is 5.77. The molecule has 0 spiro atoms. The minimum Gasteiger partial charge on any atom is -1.00 e. The van der Waals surface area contributed by atoms with E-state index in [2.05, 4.69) is 76.2 Å². The normalized spacial score (nSPS) is 18.3. The van der Waals surface area contributed by atoms with E-state index >= 15 is 0 Å². The summed E-state index contributed by atoms with van der Waals surface area (Å²) in [5, 5.41) is 0. The molecule has 25 heavy (non-hydrogen) atoms. The molecule has 0 aromatic heterocycles. The van der Waals surface area contributed by atoms with E-state index in [1.54, 1.807) is 27.8 Å². The molecule has 2 aromatic carbocycles. The van der Waals surface area contributed by atoms with Crippen LogP contribution < -0.4 is 24.8 Å². The van der Waals surface area contributed by atoms with Crippen LogP contribution in [0, 0.1) is 5.92 Å². The van der Waals surface area contributed by atoms with Crippen molar-refractivity contribution in [3.8, 4) is 11.1 Å². The van der Waals surface area contributed by atoms with E-state index in [-0.39, 0.29) is 24.8 Å². The molecule has 128 valence electrons. The average Bonchev–Trinajstić information content (AvgIpc) is 2.99. The Hall–Kier alpha value is -0.630. The molecule has 2 aromatic rings. The van der Waals surface area contributed by atoms with E-state index < -0.39 is 22.9 Å². The first-order valence-electron chi connectivity index (χ1n) is 8.43. The summed E-state index contributed by atoms with van der Waals surface area (Å²) < 4.78 is 2.53. The summed E-state index contributed by atoms with van der Waals surface area (Å²) in [5.41, 5.74) is 10.9. The van der Waals surface area contributed by atoms with Gasteiger partial charge in [-0.2, -0.15) is 0 Å². The van der Waals surface area contributed by atoms with Crippen LogP contribution in [0.5, 0.6) is 0 Å². The predicted molar refractivity (Wildman–Crippen MR) is 94.0 cm³/mol. The molecule has 4 rings (SSSR count). The van der Waals surface area contributed by atoms with Crippen LogP contribution in [0.1, 0.15) is 42.5 Å². The maximum absolute atomic E-state index is 2.42. The third-order valence-corrected chi connectivity index (χ3v) is 13.1. The number of hydrogen-bond acceptors (Lipinski definition) is 0. The summed E-state index contributed by atoms with van der Waals surface area (Å²) in [6, 6.07) is 18.2. The monoisotopic (exact) mass is 536 g/mol. The SMILES string of the molecule is CC1=C(C)C(C)[C]([Hf+2][CH]2c3ccccc3-c3ccccc32)=C1C.[Cl-].[Cl-]. The van der Waals surface area contributed by atoms with Gasteiger partial charge >= 0.3 is 151 Å². The Morgan fingerprint density at radius 3 is 1.64 bits per heavy atom. The summed E-state index contributed by atoms with van der Waals surface area (Å²) in [7, 11) is 0. The van der Waals surface area contributed by atoms with Gasteiger partial charge in [0.25, 0.3) is 0 Å². The van der Waals surface area contributed by atoms with Crippen LogP contribution in [-0.2, 0) is 22.9 Å². The molecular formula is C22H22Cl2Hf. The minimum atomic E-state index is -0.983. The molecule has 3 heteroatoms. The standard InChI is InChI=1S/C13H9.C9H13.2ClH.Hf/c1-3-7-12-10(5-1)9-11-6-2-4-8-13(11)12;1-6-5-7(2)9(4)8(6)3;;;/h1-9H;6H,1-4H3;2*1H;/q;;;;+2/p-2. The molecule has 2 aliphatic carbocycles. The first-order valence-corrected chi connectivity index (χ1v) is 12.3. The molecule has 0 saturated carbocycles. The fraction of sp³-hybridized carbons (Fsp3) is 0.273. The molecular weight excluding hydrogens is 514 g/mol. The first kappa shape index (κ1) is 20.7. The molecule has 2 aliphatic rings. The number of halogens is 2. The van der Waals surface area contributed by atoms with Gasteiger partial charge in [-0.05, 0) is 0 Å². The summed E-state index contributed by atoms with van der Waals surface area (Å²) >= 11 is -0.983. The Bertz CT molecular complexity index is 818. The summed E-state index contributed by atoms with van der Waals surface area (Å²) in [6.45, 7) is 9.42. The topological polar surface area (TPSA) is 0 Å². The van der Waals surface area contributed by atoms with Crippen molar-refractivity contribution in [2.24, 2.45) is 5.92 Å².